The third-order valence-electron chi connectivity index (χ3n) is 4.51. The summed E-state index contributed by atoms with van der Waals surface area (Å²) in [5.41, 5.74) is 0.382. The molecule has 142 valence electrons. The number of carbonyl (C=O) groups excluding carboxylic acids is 2. The highest BCUT2D eigenvalue weighted by atomic mass is 79.9. The fourth-order valence-corrected chi connectivity index (χ4v) is 3.74. The van der Waals surface area contributed by atoms with Gasteiger partial charge in [0.15, 0.2) is 0 Å². The Kier molecular flexibility index (Phi) is 5.46. The zero-order chi connectivity index (χ0) is 18.9. The maximum atomic E-state index is 12.9. The second-order valence-corrected chi connectivity index (χ2v) is 8.63. The van der Waals surface area contributed by atoms with Gasteiger partial charge in [-0.15, -0.1) is 0 Å². The van der Waals surface area contributed by atoms with Crippen LogP contribution in [0.1, 0.15) is 51.6 Å². The molecule has 0 aromatic heterocycles. The molecule has 2 heterocycles. The molecule has 2 atom stereocenters. The molecule has 2 aliphatic rings. The van der Waals surface area contributed by atoms with Gasteiger partial charge in [-0.25, -0.2) is 4.79 Å². The topological polar surface area (TPSA) is 67.9 Å². The van der Waals surface area contributed by atoms with E-state index in [1.165, 1.54) is 0 Å². The van der Waals surface area contributed by atoms with Crippen molar-refractivity contribution in [1.29, 1.82) is 0 Å². The van der Waals surface area contributed by atoms with Crippen LogP contribution in [0, 0.1) is 0 Å². The Bertz CT molecular complexity index is 701. The van der Waals surface area contributed by atoms with Crippen LogP contribution in [-0.2, 0) is 9.53 Å². The van der Waals surface area contributed by atoms with Crippen molar-refractivity contribution in [2.45, 2.75) is 57.7 Å². The lowest BCUT2D eigenvalue weighted by atomic mass is 10.00. The van der Waals surface area contributed by atoms with E-state index in [9.17, 15) is 9.59 Å². The van der Waals surface area contributed by atoms with Crippen molar-refractivity contribution in [2.75, 3.05) is 13.2 Å². The Morgan fingerprint density at radius 1 is 1.31 bits per heavy atom. The van der Waals surface area contributed by atoms with Crippen molar-refractivity contribution in [3.8, 4) is 5.75 Å². The Morgan fingerprint density at radius 2 is 2.08 bits per heavy atom. The van der Waals surface area contributed by atoms with Gasteiger partial charge in [-0.05, 0) is 51.8 Å². The van der Waals surface area contributed by atoms with Crippen LogP contribution in [-0.4, -0.2) is 41.7 Å². The molecule has 1 aromatic rings. The minimum atomic E-state index is -0.577. The summed E-state index contributed by atoms with van der Waals surface area (Å²) in [4.78, 5) is 26.8. The lowest BCUT2D eigenvalue weighted by Crippen LogP contribution is -2.48. The van der Waals surface area contributed by atoms with Gasteiger partial charge >= 0.3 is 6.09 Å². The fourth-order valence-electron chi connectivity index (χ4n) is 3.36. The van der Waals surface area contributed by atoms with E-state index in [1.807, 2.05) is 39.0 Å². The van der Waals surface area contributed by atoms with E-state index < -0.39 is 17.7 Å². The first-order chi connectivity index (χ1) is 12.2. The van der Waals surface area contributed by atoms with Crippen molar-refractivity contribution in [2.24, 2.45) is 0 Å². The van der Waals surface area contributed by atoms with Crippen molar-refractivity contribution >= 4 is 27.9 Å². The van der Waals surface area contributed by atoms with E-state index in [2.05, 4.69) is 21.2 Å². The summed E-state index contributed by atoms with van der Waals surface area (Å²) in [7, 11) is 0. The largest absolute Gasteiger partial charge is 0.493 e. The predicted octanol–water partition coefficient (Wildman–Crippen LogP) is 3.79. The molecule has 7 heteroatoms. The monoisotopic (exact) mass is 424 g/mol. The fraction of sp³-hybridized carbons (Fsp3) is 0.579. The van der Waals surface area contributed by atoms with Crippen LogP contribution in [0.15, 0.2) is 22.7 Å². The van der Waals surface area contributed by atoms with Gasteiger partial charge in [0, 0.05) is 23.0 Å². The molecule has 0 aliphatic carbocycles. The SMILES string of the molecule is CC(C)(C)OC(=O)N1CCC[C@H]1C(=O)NC1CCOc2ccc(Br)cc21. The maximum Gasteiger partial charge on any atom is 0.410 e. The highest BCUT2D eigenvalue weighted by Crippen LogP contribution is 2.34. The standard InChI is InChI=1S/C19H25BrN2O4/c1-19(2,3)26-18(24)22-9-4-5-15(22)17(23)21-14-8-10-25-16-7-6-12(20)11-13(14)16/h6-7,11,14-15H,4-5,8-10H2,1-3H3,(H,21,23)/t14?,15-/m0/s1. The van der Waals surface area contributed by atoms with Gasteiger partial charge in [0.1, 0.15) is 17.4 Å². The van der Waals surface area contributed by atoms with Crippen LogP contribution in [0.25, 0.3) is 0 Å². The average Bonchev–Trinajstić information content (AvgIpc) is 3.04. The molecule has 0 radical (unpaired) electrons. The van der Waals surface area contributed by atoms with Crippen molar-refractivity contribution < 1.29 is 19.1 Å². The molecule has 2 aliphatic heterocycles. The predicted molar refractivity (Wildman–Crippen MR) is 101 cm³/mol. The van der Waals surface area contributed by atoms with Crippen LogP contribution in [0.2, 0.25) is 0 Å². The molecule has 0 bridgehead atoms. The van der Waals surface area contributed by atoms with Gasteiger partial charge in [0.05, 0.1) is 12.6 Å². The second-order valence-electron chi connectivity index (χ2n) is 7.71. The molecule has 2 amide bonds. The number of amides is 2. The maximum absolute atomic E-state index is 12.9. The molecular formula is C19H25BrN2O4. The summed E-state index contributed by atoms with van der Waals surface area (Å²) in [5.74, 6) is 0.659. The number of nitrogens with one attached hydrogen (secondary N) is 1. The lowest BCUT2D eigenvalue weighted by molar-refractivity contribution is -0.126. The molecule has 1 aromatic carbocycles. The number of hydrogen-bond donors (Lipinski definition) is 1. The number of fused-ring (bicyclic) bond motifs is 1. The van der Waals surface area contributed by atoms with E-state index in [4.69, 9.17) is 9.47 Å². The molecule has 6 nitrogen and oxygen atoms in total. The Labute approximate surface area is 162 Å². The van der Waals surface area contributed by atoms with Gasteiger partial charge < -0.3 is 14.8 Å². The minimum absolute atomic E-state index is 0.121. The van der Waals surface area contributed by atoms with Crippen LogP contribution >= 0.6 is 15.9 Å². The molecule has 0 spiro atoms. The van der Waals surface area contributed by atoms with Crippen molar-refractivity contribution in [3.05, 3.63) is 28.2 Å². The van der Waals surface area contributed by atoms with Crippen LogP contribution in [0.3, 0.4) is 0 Å². The van der Waals surface area contributed by atoms with E-state index in [0.29, 0.717) is 26.0 Å². The van der Waals surface area contributed by atoms with Gasteiger partial charge in [0.2, 0.25) is 5.91 Å². The minimum Gasteiger partial charge on any atom is -0.493 e. The number of halogens is 1. The molecule has 1 N–H and O–H groups in total. The summed E-state index contributed by atoms with van der Waals surface area (Å²) in [6.07, 6.45) is 1.73. The highest BCUT2D eigenvalue weighted by Gasteiger charge is 2.37. The molecule has 1 unspecified atom stereocenters. The van der Waals surface area contributed by atoms with Crippen molar-refractivity contribution in [3.63, 3.8) is 0 Å². The molecule has 1 saturated heterocycles. The summed E-state index contributed by atoms with van der Waals surface area (Å²) in [6, 6.07) is 5.19. The number of benzene rings is 1. The van der Waals surface area contributed by atoms with E-state index in [1.54, 1.807) is 4.90 Å². The first-order valence-corrected chi connectivity index (χ1v) is 9.76. The summed E-state index contributed by atoms with van der Waals surface area (Å²) in [5, 5.41) is 3.10. The van der Waals surface area contributed by atoms with Gasteiger partial charge in [-0.1, -0.05) is 15.9 Å². The second kappa shape index (κ2) is 7.47. The summed E-state index contributed by atoms with van der Waals surface area (Å²) >= 11 is 3.47. The number of ether oxygens (including phenoxy) is 2. The lowest BCUT2D eigenvalue weighted by Gasteiger charge is -2.31. The van der Waals surface area contributed by atoms with E-state index >= 15 is 0 Å². The number of rotatable bonds is 2. The van der Waals surface area contributed by atoms with Crippen LogP contribution in [0.5, 0.6) is 5.75 Å². The zero-order valence-corrected chi connectivity index (χ0v) is 17.0. The third-order valence-corrected chi connectivity index (χ3v) is 5.00. The Hall–Kier alpha value is -1.76. The number of carbonyl (C=O) groups is 2. The quantitative estimate of drug-likeness (QED) is 0.783. The third kappa shape index (κ3) is 4.31. The number of nitrogens with zero attached hydrogens (tertiary/aromatic N) is 1. The summed E-state index contributed by atoms with van der Waals surface area (Å²) in [6.45, 7) is 6.58. The zero-order valence-electron chi connectivity index (χ0n) is 15.4. The van der Waals surface area contributed by atoms with Crippen LogP contribution < -0.4 is 10.1 Å². The first kappa shape index (κ1) is 19.0. The van der Waals surface area contributed by atoms with Gasteiger partial charge in [-0.3, -0.25) is 9.69 Å². The highest BCUT2D eigenvalue weighted by molar-refractivity contribution is 9.10. The molecule has 0 saturated carbocycles. The average molecular weight is 425 g/mol. The number of likely N-dealkylation sites (tertiary alicyclic amines) is 1. The molecular weight excluding hydrogens is 400 g/mol. The molecule has 26 heavy (non-hydrogen) atoms. The van der Waals surface area contributed by atoms with E-state index in [-0.39, 0.29) is 11.9 Å². The van der Waals surface area contributed by atoms with Gasteiger partial charge in [-0.2, -0.15) is 0 Å². The number of hydrogen-bond acceptors (Lipinski definition) is 4. The molecule has 1 fully saturated rings. The normalized spacial score (nSPS) is 22.4. The van der Waals surface area contributed by atoms with Crippen molar-refractivity contribution in [1.82, 2.24) is 10.2 Å². The van der Waals surface area contributed by atoms with Gasteiger partial charge in [0.25, 0.3) is 0 Å². The first-order valence-electron chi connectivity index (χ1n) is 8.97. The summed E-state index contributed by atoms with van der Waals surface area (Å²) < 4.78 is 12.1. The van der Waals surface area contributed by atoms with E-state index in [0.717, 1.165) is 22.2 Å². The Morgan fingerprint density at radius 3 is 2.81 bits per heavy atom. The van der Waals surface area contributed by atoms with Crippen LogP contribution in [0.4, 0.5) is 4.79 Å². The Balaban J connectivity index is 1.70. The smallest absolute Gasteiger partial charge is 0.410 e. The molecule has 3 rings (SSSR count).